The van der Waals surface area contributed by atoms with Gasteiger partial charge in [-0.1, -0.05) is 19.9 Å². The topological polar surface area (TPSA) is 6.48 Å². The Labute approximate surface area is 146 Å². The van der Waals surface area contributed by atoms with Crippen molar-refractivity contribution in [2.24, 2.45) is 11.8 Å². The number of hydrogen-bond acceptors (Lipinski definition) is 2. The van der Waals surface area contributed by atoms with Gasteiger partial charge in [0.2, 0.25) is 0 Å². The molecule has 1 aromatic carbocycles. The Morgan fingerprint density at radius 1 is 1.20 bits per heavy atom. The lowest BCUT2D eigenvalue weighted by Crippen LogP contribution is -2.57. The zero-order valence-corrected chi connectivity index (χ0v) is 14.8. The van der Waals surface area contributed by atoms with Gasteiger partial charge in [0.05, 0.1) is 5.56 Å². The van der Waals surface area contributed by atoms with Crippen molar-refractivity contribution in [1.29, 1.82) is 0 Å². The van der Waals surface area contributed by atoms with Gasteiger partial charge in [0.25, 0.3) is 0 Å². The molecule has 25 heavy (non-hydrogen) atoms. The molecule has 6 heteroatoms. The molecule has 0 spiro atoms. The average Bonchev–Trinajstić information content (AvgIpc) is 2.55. The van der Waals surface area contributed by atoms with E-state index in [9.17, 15) is 17.6 Å². The molecule has 1 atom stereocenters. The quantitative estimate of drug-likeness (QED) is 0.720. The number of piperidine rings is 3. The lowest BCUT2D eigenvalue weighted by atomic mass is 9.82. The van der Waals surface area contributed by atoms with Crippen LogP contribution in [0.1, 0.15) is 37.8 Å². The number of nitrogens with zero attached hydrogens (tertiary/aromatic N) is 2. The SMILES string of the molecule is CC(C)CN(Cc1ccc(F)cc1C(F)(F)F)[C@@H]1CN2CCC1CC2. The smallest absolute Gasteiger partial charge is 0.302 e. The standard InChI is InChI=1S/C19H26F4N2/c1-13(2)10-25(18-12-24-7-5-14(18)6-8-24)11-15-3-4-16(20)9-17(15)19(21,22)23/h3-4,9,13-14,18H,5-8,10-12H2,1-2H3/t18-/m1/s1. The highest BCUT2D eigenvalue weighted by molar-refractivity contribution is 5.30. The van der Waals surface area contributed by atoms with Crippen LogP contribution in [0.4, 0.5) is 17.6 Å². The second kappa shape index (κ2) is 7.23. The van der Waals surface area contributed by atoms with Gasteiger partial charge < -0.3 is 4.90 Å². The summed E-state index contributed by atoms with van der Waals surface area (Å²) >= 11 is 0. The fourth-order valence-corrected chi connectivity index (χ4v) is 4.30. The van der Waals surface area contributed by atoms with Crippen molar-refractivity contribution in [2.45, 2.75) is 45.5 Å². The summed E-state index contributed by atoms with van der Waals surface area (Å²) in [5.74, 6) is 0.0816. The van der Waals surface area contributed by atoms with E-state index < -0.39 is 17.6 Å². The van der Waals surface area contributed by atoms with Gasteiger partial charge in [-0.05, 0) is 55.5 Å². The number of alkyl halides is 3. The summed E-state index contributed by atoms with van der Waals surface area (Å²) in [7, 11) is 0. The van der Waals surface area contributed by atoms with Crippen molar-refractivity contribution in [2.75, 3.05) is 26.2 Å². The first-order valence-electron chi connectivity index (χ1n) is 9.06. The molecule has 2 nitrogen and oxygen atoms in total. The summed E-state index contributed by atoms with van der Waals surface area (Å²) in [5.41, 5.74) is -0.673. The third-order valence-electron chi connectivity index (χ3n) is 5.44. The lowest BCUT2D eigenvalue weighted by molar-refractivity contribution is -0.138. The zero-order chi connectivity index (χ0) is 18.2. The molecule has 3 aliphatic rings. The van der Waals surface area contributed by atoms with Crippen LogP contribution in [-0.2, 0) is 12.7 Å². The molecule has 0 amide bonds. The Morgan fingerprint density at radius 3 is 2.40 bits per heavy atom. The molecule has 1 aromatic rings. The highest BCUT2D eigenvalue weighted by Gasteiger charge is 2.39. The number of hydrogen-bond donors (Lipinski definition) is 0. The minimum Gasteiger partial charge on any atom is -0.302 e. The van der Waals surface area contributed by atoms with Gasteiger partial charge in [0.1, 0.15) is 5.82 Å². The Hall–Kier alpha value is -1.14. The molecule has 4 rings (SSSR count). The van der Waals surface area contributed by atoms with Crippen molar-refractivity contribution in [1.82, 2.24) is 9.80 Å². The van der Waals surface area contributed by atoms with Gasteiger partial charge in [0.15, 0.2) is 0 Å². The average molecular weight is 358 g/mol. The second-order valence-electron chi connectivity index (χ2n) is 7.83. The number of fused-ring (bicyclic) bond motifs is 3. The van der Waals surface area contributed by atoms with Crippen molar-refractivity contribution in [3.8, 4) is 0 Å². The third kappa shape index (κ3) is 4.34. The van der Waals surface area contributed by atoms with Crippen molar-refractivity contribution >= 4 is 0 Å². The molecule has 0 unspecified atom stereocenters. The molecule has 140 valence electrons. The fourth-order valence-electron chi connectivity index (χ4n) is 4.30. The molecule has 0 aromatic heterocycles. The maximum absolute atomic E-state index is 13.4. The minimum absolute atomic E-state index is 0.172. The summed E-state index contributed by atoms with van der Waals surface area (Å²) in [5, 5.41) is 0. The molecule has 0 N–H and O–H groups in total. The van der Waals surface area contributed by atoms with Gasteiger partial charge in [0, 0.05) is 25.7 Å². The lowest BCUT2D eigenvalue weighted by Gasteiger charge is -2.49. The first-order valence-corrected chi connectivity index (χ1v) is 9.06. The molecule has 3 aliphatic heterocycles. The first kappa shape index (κ1) is 18.6. The van der Waals surface area contributed by atoms with E-state index in [1.165, 1.54) is 6.07 Å². The van der Waals surface area contributed by atoms with E-state index in [0.29, 0.717) is 17.9 Å². The molecular weight excluding hydrogens is 332 g/mol. The van der Waals surface area contributed by atoms with E-state index in [1.807, 2.05) is 0 Å². The molecule has 0 saturated carbocycles. The van der Waals surface area contributed by atoms with Crippen molar-refractivity contribution in [3.63, 3.8) is 0 Å². The van der Waals surface area contributed by atoms with Gasteiger partial charge in [-0.25, -0.2) is 4.39 Å². The number of benzene rings is 1. The van der Waals surface area contributed by atoms with E-state index in [0.717, 1.165) is 45.1 Å². The largest absolute Gasteiger partial charge is 0.416 e. The van der Waals surface area contributed by atoms with Crippen LogP contribution in [0.3, 0.4) is 0 Å². The highest BCUT2D eigenvalue weighted by Crippen LogP contribution is 2.36. The van der Waals surface area contributed by atoms with Gasteiger partial charge in [-0.2, -0.15) is 13.2 Å². The molecular formula is C19H26F4N2. The summed E-state index contributed by atoms with van der Waals surface area (Å²) < 4.78 is 53.4. The zero-order valence-electron chi connectivity index (χ0n) is 14.8. The predicted molar refractivity (Wildman–Crippen MR) is 89.6 cm³/mol. The van der Waals surface area contributed by atoms with Gasteiger partial charge >= 0.3 is 6.18 Å². The molecule has 2 bridgehead atoms. The Balaban J connectivity index is 1.86. The Bertz CT molecular complexity index is 592. The van der Waals surface area contributed by atoms with Crippen LogP contribution in [0.5, 0.6) is 0 Å². The van der Waals surface area contributed by atoms with E-state index in [4.69, 9.17) is 0 Å². The molecule has 0 radical (unpaired) electrons. The maximum atomic E-state index is 13.4. The van der Waals surface area contributed by atoms with Crippen LogP contribution >= 0.6 is 0 Å². The highest BCUT2D eigenvalue weighted by atomic mass is 19.4. The molecule has 3 fully saturated rings. The maximum Gasteiger partial charge on any atom is 0.416 e. The number of halogens is 4. The monoisotopic (exact) mass is 358 g/mol. The fraction of sp³-hybridized carbons (Fsp3) is 0.684. The van der Waals surface area contributed by atoms with Crippen molar-refractivity contribution < 1.29 is 17.6 Å². The Kier molecular flexibility index (Phi) is 5.40. The van der Waals surface area contributed by atoms with Crippen LogP contribution in [0.25, 0.3) is 0 Å². The van der Waals surface area contributed by atoms with Crippen LogP contribution < -0.4 is 0 Å². The summed E-state index contributed by atoms with van der Waals surface area (Å²) in [4.78, 5) is 4.61. The third-order valence-corrected chi connectivity index (χ3v) is 5.44. The van der Waals surface area contributed by atoms with E-state index in [-0.39, 0.29) is 18.2 Å². The number of rotatable bonds is 5. The van der Waals surface area contributed by atoms with Crippen LogP contribution in [0.15, 0.2) is 18.2 Å². The summed E-state index contributed by atoms with van der Waals surface area (Å²) in [6.45, 7) is 8.28. The predicted octanol–water partition coefficient (Wildman–Crippen LogP) is 4.40. The van der Waals surface area contributed by atoms with Crippen LogP contribution in [-0.4, -0.2) is 42.0 Å². The van der Waals surface area contributed by atoms with Crippen LogP contribution in [0, 0.1) is 17.7 Å². The van der Waals surface area contributed by atoms with Crippen molar-refractivity contribution in [3.05, 3.63) is 35.1 Å². The molecule has 3 heterocycles. The second-order valence-corrected chi connectivity index (χ2v) is 7.83. The van der Waals surface area contributed by atoms with E-state index in [1.54, 1.807) is 0 Å². The minimum atomic E-state index is -4.53. The summed E-state index contributed by atoms with van der Waals surface area (Å²) in [6, 6.07) is 3.34. The van der Waals surface area contributed by atoms with E-state index in [2.05, 4.69) is 23.6 Å². The molecule has 3 saturated heterocycles. The van der Waals surface area contributed by atoms with E-state index >= 15 is 0 Å². The normalized spacial score (nSPS) is 26.6. The summed E-state index contributed by atoms with van der Waals surface area (Å²) in [6.07, 6.45) is -2.29. The van der Waals surface area contributed by atoms with Gasteiger partial charge in [-0.3, -0.25) is 4.90 Å². The molecule has 0 aliphatic carbocycles. The van der Waals surface area contributed by atoms with Crippen LogP contribution in [0.2, 0.25) is 0 Å². The first-order chi connectivity index (χ1) is 11.7. The Morgan fingerprint density at radius 2 is 1.88 bits per heavy atom. The van der Waals surface area contributed by atoms with Gasteiger partial charge in [-0.15, -0.1) is 0 Å².